The molecule has 2 aromatic heterocycles. The molecular formula is C20H21FN4O2. The Morgan fingerprint density at radius 1 is 1.44 bits per heavy atom. The van der Waals surface area contributed by atoms with E-state index in [0.717, 1.165) is 28.0 Å². The Hall–Kier alpha value is -2.80. The number of hydrogen-bond acceptors (Lipinski definition) is 5. The maximum absolute atomic E-state index is 13.1. The molecule has 1 aliphatic heterocycles. The maximum Gasteiger partial charge on any atom is 0.231 e. The summed E-state index contributed by atoms with van der Waals surface area (Å²) in [4.78, 5) is 22.3. The van der Waals surface area contributed by atoms with Gasteiger partial charge >= 0.3 is 0 Å². The van der Waals surface area contributed by atoms with Crippen LogP contribution in [0.2, 0.25) is 0 Å². The lowest BCUT2D eigenvalue weighted by molar-refractivity contribution is -0.117. The number of alkyl halides is 1. The van der Waals surface area contributed by atoms with Crippen molar-refractivity contribution in [2.75, 3.05) is 16.8 Å². The SMILES string of the molecule is CCN1c2cc(NC(=O)C3CC3F)ncc2C=C(c2cnccc2C)C1O. The fourth-order valence-electron chi connectivity index (χ4n) is 3.41. The zero-order valence-corrected chi connectivity index (χ0v) is 15.2. The summed E-state index contributed by atoms with van der Waals surface area (Å²) in [7, 11) is 0. The van der Waals surface area contributed by atoms with E-state index in [4.69, 9.17) is 0 Å². The molecule has 3 atom stereocenters. The lowest BCUT2D eigenvalue weighted by Crippen LogP contribution is -2.38. The number of rotatable bonds is 4. The van der Waals surface area contributed by atoms with Crippen LogP contribution in [0.3, 0.4) is 0 Å². The first kappa shape index (κ1) is 17.6. The molecule has 2 aromatic rings. The number of anilines is 2. The van der Waals surface area contributed by atoms with Gasteiger partial charge in [0.2, 0.25) is 5.91 Å². The minimum atomic E-state index is -1.05. The maximum atomic E-state index is 13.1. The second-order valence-corrected chi connectivity index (χ2v) is 6.93. The molecule has 0 saturated heterocycles. The number of nitrogens with one attached hydrogen (secondary N) is 1. The molecule has 7 heteroatoms. The van der Waals surface area contributed by atoms with Gasteiger partial charge < -0.3 is 15.3 Å². The Kier molecular flexibility index (Phi) is 4.39. The quantitative estimate of drug-likeness (QED) is 0.868. The number of carbonyl (C=O) groups excluding carboxylic acids is 1. The molecule has 1 aliphatic carbocycles. The van der Waals surface area contributed by atoms with Gasteiger partial charge in [-0.2, -0.15) is 0 Å². The molecule has 2 aliphatic rings. The number of aliphatic hydroxyl groups excluding tert-OH is 1. The number of aromatic nitrogens is 2. The Morgan fingerprint density at radius 3 is 2.89 bits per heavy atom. The number of aryl methyl sites for hydroxylation is 1. The van der Waals surface area contributed by atoms with Crippen molar-refractivity contribution in [2.45, 2.75) is 32.7 Å². The summed E-state index contributed by atoms with van der Waals surface area (Å²) in [5.74, 6) is -0.565. The molecule has 3 unspecified atom stereocenters. The van der Waals surface area contributed by atoms with E-state index in [1.165, 1.54) is 0 Å². The number of carbonyl (C=O) groups is 1. The number of likely N-dealkylation sites (N-methyl/N-ethyl adjacent to an activating group) is 1. The molecule has 1 fully saturated rings. The topological polar surface area (TPSA) is 78.4 Å². The first-order chi connectivity index (χ1) is 13.0. The minimum Gasteiger partial charge on any atom is -0.369 e. The van der Waals surface area contributed by atoms with Crippen LogP contribution in [-0.2, 0) is 4.79 Å². The van der Waals surface area contributed by atoms with Gasteiger partial charge in [0.05, 0.1) is 11.6 Å². The van der Waals surface area contributed by atoms with Crippen molar-refractivity contribution in [3.63, 3.8) is 0 Å². The van der Waals surface area contributed by atoms with Crippen LogP contribution >= 0.6 is 0 Å². The second-order valence-electron chi connectivity index (χ2n) is 6.93. The predicted octanol–water partition coefficient (Wildman–Crippen LogP) is 2.78. The number of nitrogens with zero attached hydrogens (tertiary/aromatic N) is 3. The largest absolute Gasteiger partial charge is 0.369 e. The first-order valence-electron chi connectivity index (χ1n) is 9.02. The molecule has 2 N–H and O–H groups in total. The third-order valence-electron chi connectivity index (χ3n) is 5.10. The van der Waals surface area contributed by atoms with Gasteiger partial charge in [-0.1, -0.05) is 0 Å². The molecule has 0 aromatic carbocycles. The van der Waals surface area contributed by atoms with Crippen LogP contribution in [0.15, 0.2) is 30.7 Å². The monoisotopic (exact) mass is 368 g/mol. The molecule has 140 valence electrons. The van der Waals surface area contributed by atoms with Crippen molar-refractivity contribution < 1.29 is 14.3 Å². The van der Waals surface area contributed by atoms with Crippen LogP contribution in [-0.4, -0.2) is 39.9 Å². The average Bonchev–Trinajstić information content (AvgIpc) is 3.39. The average molecular weight is 368 g/mol. The standard InChI is InChI=1S/C20H21FN4O2/c1-3-25-17-8-18(24-19(26)14-7-16(14)21)23-9-12(17)6-13(20(25)27)15-10-22-5-4-11(15)2/h4-6,8-10,14,16,20,27H,3,7H2,1-2H3,(H,23,24,26). The summed E-state index contributed by atoms with van der Waals surface area (Å²) in [6.45, 7) is 4.49. The normalized spacial score (nSPS) is 23.5. The Bertz CT molecular complexity index is 930. The highest BCUT2D eigenvalue weighted by atomic mass is 19.1. The Morgan fingerprint density at radius 2 is 2.22 bits per heavy atom. The van der Waals surface area contributed by atoms with Crippen molar-refractivity contribution in [1.29, 1.82) is 0 Å². The highest BCUT2D eigenvalue weighted by Crippen LogP contribution is 2.38. The van der Waals surface area contributed by atoms with Crippen LogP contribution in [0.25, 0.3) is 11.6 Å². The van der Waals surface area contributed by atoms with E-state index in [9.17, 15) is 14.3 Å². The zero-order valence-electron chi connectivity index (χ0n) is 15.2. The first-order valence-corrected chi connectivity index (χ1v) is 9.02. The number of aliphatic hydroxyl groups is 1. The molecular weight excluding hydrogens is 347 g/mol. The molecule has 3 heterocycles. The van der Waals surface area contributed by atoms with Crippen LogP contribution in [0.1, 0.15) is 30.0 Å². The van der Waals surface area contributed by atoms with Gasteiger partial charge in [-0.25, -0.2) is 9.37 Å². The van der Waals surface area contributed by atoms with Gasteiger partial charge in [0, 0.05) is 47.9 Å². The van der Waals surface area contributed by atoms with Crippen LogP contribution < -0.4 is 10.2 Å². The molecule has 0 radical (unpaired) electrons. The molecule has 27 heavy (non-hydrogen) atoms. The van der Waals surface area contributed by atoms with Gasteiger partial charge in [0.25, 0.3) is 0 Å². The number of amides is 1. The van der Waals surface area contributed by atoms with Crippen LogP contribution in [0.5, 0.6) is 0 Å². The summed E-state index contributed by atoms with van der Waals surface area (Å²) < 4.78 is 13.1. The van der Waals surface area contributed by atoms with E-state index in [1.807, 2.05) is 30.9 Å². The summed E-state index contributed by atoms with van der Waals surface area (Å²) in [5.41, 5.74) is 4.28. The molecule has 0 bridgehead atoms. The zero-order chi connectivity index (χ0) is 19.1. The number of halogens is 1. The van der Waals surface area contributed by atoms with Gasteiger partial charge in [0.15, 0.2) is 6.23 Å². The third kappa shape index (κ3) is 3.19. The van der Waals surface area contributed by atoms with Crippen LogP contribution in [0, 0.1) is 12.8 Å². The van der Waals surface area contributed by atoms with Gasteiger partial charge in [-0.05, 0) is 38.0 Å². The lowest BCUT2D eigenvalue weighted by Gasteiger charge is -2.35. The smallest absolute Gasteiger partial charge is 0.231 e. The predicted molar refractivity (Wildman–Crippen MR) is 102 cm³/mol. The molecule has 1 saturated carbocycles. The highest BCUT2D eigenvalue weighted by molar-refractivity contribution is 5.96. The number of pyridine rings is 2. The van der Waals surface area contributed by atoms with E-state index in [0.29, 0.717) is 12.4 Å². The molecule has 0 spiro atoms. The van der Waals surface area contributed by atoms with Crippen molar-refractivity contribution in [3.05, 3.63) is 47.4 Å². The summed E-state index contributed by atoms with van der Waals surface area (Å²) in [6.07, 6.45) is 5.40. The lowest BCUT2D eigenvalue weighted by atomic mass is 9.95. The molecule has 1 amide bonds. The second kappa shape index (κ2) is 6.74. The van der Waals surface area contributed by atoms with Crippen molar-refractivity contribution in [3.8, 4) is 0 Å². The van der Waals surface area contributed by atoms with Crippen LogP contribution in [0.4, 0.5) is 15.9 Å². The minimum absolute atomic E-state index is 0.271. The van der Waals surface area contributed by atoms with Gasteiger partial charge in [-0.15, -0.1) is 0 Å². The van der Waals surface area contributed by atoms with E-state index < -0.39 is 18.3 Å². The van der Waals surface area contributed by atoms with E-state index >= 15 is 0 Å². The fraction of sp³-hybridized carbons (Fsp3) is 0.350. The van der Waals surface area contributed by atoms with Crippen molar-refractivity contribution >= 4 is 29.1 Å². The van der Waals surface area contributed by atoms with E-state index in [-0.39, 0.29) is 12.3 Å². The highest BCUT2D eigenvalue weighted by Gasteiger charge is 2.43. The van der Waals surface area contributed by atoms with Crippen molar-refractivity contribution in [1.82, 2.24) is 9.97 Å². The fourth-order valence-corrected chi connectivity index (χ4v) is 3.41. The van der Waals surface area contributed by atoms with Crippen molar-refractivity contribution in [2.24, 2.45) is 5.92 Å². The Labute approximate surface area is 156 Å². The summed E-state index contributed by atoms with van der Waals surface area (Å²) >= 11 is 0. The third-order valence-corrected chi connectivity index (χ3v) is 5.10. The molecule has 4 rings (SSSR count). The summed E-state index contributed by atoms with van der Waals surface area (Å²) in [6, 6.07) is 3.63. The van der Waals surface area contributed by atoms with Gasteiger partial charge in [-0.3, -0.25) is 9.78 Å². The summed E-state index contributed by atoms with van der Waals surface area (Å²) in [5, 5.41) is 13.6. The number of fused-ring (bicyclic) bond motifs is 1. The number of hydrogen-bond donors (Lipinski definition) is 2. The van der Waals surface area contributed by atoms with E-state index in [1.54, 1.807) is 24.7 Å². The van der Waals surface area contributed by atoms with Gasteiger partial charge in [0.1, 0.15) is 12.0 Å². The molecule has 6 nitrogen and oxygen atoms in total. The van der Waals surface area contributed by atoms with E-state index in [2.05, 4.69) is 15.3 Å². The Balaban J connectivity index is 1.70.